The average molecular weight is 1130 g/mol. The maximum atomic E-state index is 14.9. The van der Waals surface area contributed by atoms with Gasteiger partial charge in [-0.25, -0.2) is 23.6 Å². The summed E-state index contributed by atoms with van der Waals surface area (Å²) in [5.74, 6) is 0.0855. The van der Waals surface area contributed by atoms with Gasteiger partial charge in [-0.05, 0) is 48.4 Å². The Labute approximate surface area is 456 Å². The quantitative estimate of drug-likeness (QED) is 0.0176. The molecule has 0 unspecified atom stereocenters. The number of phosphoric acid groups is 1. The molecule has 0 spiro atoms. The van der Waals surface area contributed by atoms with E-state index >= 15 is 0 Å². The molecule has 0 saturated carbocycles. The molecule has 8 N–H and O–H groups in total. The molecule has 9 atom stereocenters. The van der Waals surface area contributed by atoms with Crippen molar-refractivity contribution in [1.82, 2.24) is 29.2 Å². The number of nitriles is 2. The smallest absolute Gasteiger partial charge is 0.387 e. The lowest BCUT2D eigenvalue weighted by Crippen LogP contribution is -2.41. The van der Waals surface area contributed by atoms with Gasteiger partial charge in [-0.1, -0.05) is 115 Å². The van der Waals surface area contributed by atoms with E-state index in [0.29, 0.717) is 18.6 Å². The van der Waals surface area contributed by atoms with Crippen molar-refractivity contribution in [2.45, 2.75) is 176 Å². The summed E-state index contributed by atoms with van der Waals surface area (Å²) in [4.78, 5) is 7.86. The van der Waals surface area contributed by atoms with E-state index < -0.39 is 93.3 Å². The number of ether oxygens (including phenoxy) is 4. The van der Waals surface area contributed by atoms with Gasteiger partial charge in [0.2, 0.25) is 11.2 Å². The second-order valence-corrected chi connectivity index (χ2v) is 21.7. The topological polar surface area (TPSA) is 323 Å². The number of nitrogens with two attached hydrogens (primary N) is 2. The summed E-state index contributed by atoms with van der Waals surface area (Å²) in [6, 6.07) is 13.9. The number of aliphatic hydroxyl groups excluding tert-OH is 4. The Balaban J connectivity index is 1.02. The lowest BCUT2D eigenvalue weighted by molar-refractivity contribution is -0.137. The van der Waals surface area contributed by atoms with E-state index in [2.05, 4.69) is 27.1 Å². The van der Waals surface area contributed by atoms with Crippen LogP contribution in [0.4, 0.5) is 24.8 Å². The van der Waals surface area contributed by atoms with Gasteiger partial charge in [-0.2, -0.15) is 33.9 Å². The van der Waals surface area contributed by atoms with Crippen molar-refractivity contribution in [1.29, 1.82) is 10.5 Å². The highest BCUT2D eigenvalue weighted by Gasteiger charge is 2.60. The van der Waals surface area contributed by atoms with E-state index in [1.54, 1.807) is 0 Å². The van der Waals surface area contributed by atoms with Gasteiger partial charge in [0.25, 0.3) is 0 Å². The number of halogens is 3. The molecule has 1 aromatic carbocycles. The zero-order valence-electron chi connectivity index (χ0n) is 44.2. The van der Waals surface area contributed by atoms with Gasteiger partial charge in [0.05, 0.1) is 50.0 Å². The summed E-state index contributed by atoms with van der Waals surface area (Å²) >= 11 is 0. The fourth-order valence-electron chi connectivity index (χ4n) is 9.83. The number of aromatic nitrogens is 6. The molecule has 26 heteroatoms. The molecule has 0 bridgehead atoms. The van der Waals surface area contributed by atoms with E-state index in [9.17, 15) is 48.7 Å². The molecule has 2 aliphatic rings. The lowest BCUT2D eigenvalue weighted by atomic mass is 9.92. The van der Waals surface area contributed by atoms with E-state index in [1.807, 2.05) is 12.1 Å². The summed E-state index contributed by atoms with van der Waals surface area (Å²) in [6.45, 7) is -0.193. The van der Waals surface area contributed by atoms with Gasteiger partial charge < -0.3 is 50.8 Å². The van der Waals surface area contributed by atoms with Crippen molar-refractivity contribution in [2.75, 3.05) is 44.5 Å². The maximum Gasteiger partial charge on any atom is 0.475 e. The van der Waals surface area contributed by atoms with Crippen LogP contribution in [0.3, 0.4) is 0 Å². The summed E-state index contributed by atoms with van der Waals surface area (Å²) in [7, 11) is -5.04. The van der Waals surface area contributed by atoms with Gasteiger partial charge >= 0.3 is 14.0 Å². The number of aliphatic hydroxyl groups is 4. The van der Waals surface area contributed by atoms with Crippen LogP contribution in [0.5, 0.6) is 0 Å². The number of nitrogens with zero attached hydrogens (tertiary/aromatic N) is 8. The third-order valence-electron chi connectivity index (χ3n) is 14.4. The maximum absolute atomic E-state index is 14.9. The molecule has 0 amide bonds. The Hall–Kier alpha value is -5.38. The van der Waals surface area contributed by atoms with Crippen LogP contribution in [0.25, 0.3) is 11.0 Å². The molecule has 79 heavy (non-hydrogen) atoms. The minimum atomic E-state index is -5.04. The van der Waals surface area contributed by atoms with Crippen LogP contribution in [-0.2, 0) is 61.1 Å². The molecule has 432 valence electrons. The summed E-state index contributed by atoms with van der Waals surface area (Å²) in [5, 5.41) is 74.8. The number of phosphoric ester groups is 1. The van der Waals surface area contributed by atoms with Crippen LogP contribution in [0.15, 0.2) is 61.2 Å². The van der Waals surface area contributed by atoms with E-state index in [1.165, 1.54) is 116 Å². The Morgan fingerprint density at radius 2 is 1.11 bits per heavy atom. The minimum absolute atomic E-state index is 0.0340. The number of rotatable bonds is 33. The zero-order valence-corrected chi connectivity index (χ0v) is 45.1. The molecule has 2 saturated heterocycles. The second-order valence-electron chi connectivity index (χ2n) is 20.0. The summed E-state index contributed by atoms with van der Waals surface area (Å²) < 4.78 is 99.1. The Bertz CT molecular complexity index is 2720. The predicted molar refractivity (Wildman–Crippen MR) is 279 cm³/mol. The molecule has 6 heterocycles. The molecule has 0 radical (unpaired) electrons. The Kier molecular flexibility index (Phi) is 22.0. The summed E-state index contributed by atoms with van der Waals surface area (Å²) in [5.41, 5.74) is 7.39. The SMILES string of the molecule is CCCCCCCCCCCCCCCCCCOC[C@H](COP(=O)(OC[C@H]1O[C@@](C#N)(c2ccc3c(N)ncnn23)[C@H](O)[C@@H]1O)OC[C@H]1O[C@@](C#N)(c2ccc3c(N)ncnn23)[C@H](O)[C@@H]1O)OCc1ccc(C(F)(F)F)cc1. The van der Waals surface area contributed by atoms with Gasteiger partial charge in [0.1, 0.15) is 78.6 Å². The number of benzene rings is 1. The first-order chi connectivity index (χ1) is 38.0. The monoisotopic (exact) mass is 1130 g/mol. The third kappa shape index (κ3) is 15.0. The fourth-order valence-corrected chi connectivity index (χ4v) is 11.1. The number of hydrogen-bond donors (Lipinski definition) is 6. The van der Waals surface area contributed by atoms with Gasteiger partial charge in [-0.15, -0.1) is 0 Å². The molecular formula is C53H72F3N10O12P. The van der Waals surface area contributed by atoms with Crippen LogP contribution >= 0.6 is 7.82 Å². The minimum Gasteiger partial charge on any atom is -0.387 e. The molecular weight excluding hydrogens is 1060 g/mol. The van der Waals surface area contributed by atoms with E-state index in [-0.39, 0.29) is 47.3 Å². The van der Waals surface area contributed by atoms with Crippen LogP contribution in [0.1, 0.15) is 132 Å². The van der Waals surface area contributed by atoms with Gasteiger partial charge in [-0.3, -0.25) is 13.6 Å². The van der Waals surface area contributed by atoms with E-state index in [4.69, 9.17) is 44.0 Å². The van der Waals surface area contributed by atoms with Crippen LogP contribution < -0.4 is 11.5 Å². The number of unbranched alkanes of at least 4 members (excludes halogenated alkanes) is 15. The molecule has 22 nitrogen and oxygen atoms in total. The van der Waals surface area contributed by atoms with Crippen molar-refractivity contribution < 1.29 is 70.7 Å². The molecule has 0 aliphatic carbocycles. The molecule has 7 rings (SSSR count). The number of anilines is 2. The summed E-state index contributed by atoms with van der Waals surface area (Å²) in [6.07, 6.45) is 4.86. The van der Waals surface area contributed by atoms with Crippen LogP contribution in [0.2, 0.25) is 0 Å². The number of fused-ring (bicyclic) bond motifs is 2. The van der Waals surface area contributed by atoms with Crippen molar-refractivity contribution in [3.63, 3.8) is 0 Å². The first kappa shape index (κ1) is 61.2. The number of alkyl halides is 3. The molecule has 4 aromatic heterocycles. The molecule has 5 aromatic rings. The Morgan fingerprint density at radius 1 is 0.671 bits per heavy atom. The van der Waals surface area contributed by atoms with E-state index in [0.717, 1.165) is 50.5 Å². The van der Waals surface area contributed by atoms with Crippen molar-refractivity contribution in [3.05, 3.63) is 83.7 Å². The normalized spacial score (nSPS) is 23.9. The number of nitrogen functional groups attached to an aromatic ring is 2. The van der Waals surface area contributed by atoms with Crippen LogP contribution in [0, 0.1) is 22.7 Å². The van der Waals surface area contributed by atoms with Gasteiger partial charge in [0.15, 0.2) is 11.6 Å². The van der Waals surface area contributed by atoms with Crippen molar-refractivity contribution in [3.8, 4) is 12.1 Å². The number of hydrogen-bond acceptors (Lipinski definition) is 20. The van der Waals surface area contributed by atoms with Crippen molar-refractivity contribution in [2.24, 2.45) is 0 Å². The zero-order chi connectivity index (χ0) is 56.6. The molecule has 2 fully saturated rings. The molecule has 2 aliphatic heterocycles. The fraction of sp³-hybridized carbons (Fsp3) is 0.623. The first-order valence-corrected chi connectivity index (χ1v) is 28.4. The van der Waals surface area contributed by atoms with Gasteiger partial charge in [0, 0.05) is 6.61 Å². The van der Waals surface area contributed by atoms with Crippen LogP contribution in [-0.4, -0.2) is 125 Å². The Morgan fingerprint density at radius 3 is 1.54 bits per heavy atom. The van der Waals surface area contributed by atoms with Crippen molar-refractivity contribution >= 4 is 30.5 Å². The second kappa shape index (κ2) is 28.4. The highest BCUT2D eigenvalue weighted by molar-refractivity contribution is 7.48. The first-order valence-electron chi connectivity index (χ1n) is 27.0. The lowest BCUT2D eigenvalue weighted by Gasteiger charge is -2.26. The highest BCUT2D eigenvalue weighted by Crippen LogP contribution is 2.52. The third-order valence-corrected chi connectivity index (χ3v) is 15.8. The highest BCUT2D eigenvalue weighted by atomic mass is 31.2. The average Bonchev–Trinajstić information content (AvgIpc) is 4.38. The standard InChI is InChI=1S/C53H72F3N10O12P/c1-2-3-4-5-6-7-8-9-10-11-12-13-14-15-16-17-26-72-28-38(73-27-36-18-20-37(21-19-36)53(54,55)56)29-74-79(71,75-30-41-45(67)47(69)51(32-57,77-41)43-24-22-39-49(59)61-34-63-65(39)43)76-31-42-46(68)48(70)52(33-58,78-42)44-25-23-40-50(60)62-35-64-66(40)44/h18-25,34-35,38,41-42,45-48,67-70H,2-17,26-31H2,1H3,(H2,59,61,63)(H2,60,62,64)/t38-,41-,42-,45-,46-,47-,48-,51+,52+/m1/s1. The predicted octanol–water partition coefficient (Wildman–Crippen LogP) is 7.36. The largest absolute Gasteiger partial charge is 0.475 e.